The molecule has 0 bridgehead atoms. The summed E-state index contributed by atoms with van der Waals surface area (Å²) in [7, 11) is 0. The van der Waals surface area contributed by atoms with Gasteiger partial charge in [0.1, 0.15) is 0 Å². The quantitative estimate of drug-likeness (QED) is 0.659. The third kappa shape index (κ3) is 4.55. The summed E-state index contributed by atoms with van der Waals surface area (Å²) in [6, 6.07) is 18.0. The molecule has 3 aromatic rings. The van der Waals surface area contributed by atoms with E-state index >= 15 is 0 Å². The van der Waals surface area contributed by atoms with E-state index in [1.807, 2.05) is 54.6 Å². The Morgan fingerprint density at radius 2 is 1.78 bits per heavy atom. The molecule has 5 heteroatoms. The molecule has 1 fully saturated rings. The van der Waals surface area contributed by atoms with E-state index in [2.05, 4.69) is 15.6 Å². The minimum Gasteiger partial charge on any atom is -0.348 e. The first-order chi connectivity index (χ1) is 13.3. The Morgan fingerprint density at radius 3 is 2.52 bits per heavy atom. The Kier molecular flexibility index (Phi) is 5.49. The molecule has 138 valence electrons. The summed E-state index contributed by atoms with van der Waals surface area (Å²) in [5, 5.41) is 6.20. The molecule has 27 heavy (non-hydrogen) atoms. The van der Waals surface area contributed by atoms with Gasteiger partial charge in [0.15, 0.2) is 5.13 Å². The van der Waals surface area contributed by atoms with Crippen LogP contribution in [0.4, 0.5) is 10.8 Å². The van der Waals surface area contributed by atoms with E-state index in [0.29, 0.717) is 6.42 Å². The number of carbonyl (C=O) groups excluding carboxylic acids is 1. The number of carbonyl (C=O) groups is 1. The highest BCUT2D eigenvalue weighted by molar-refractivity contribution is 7.14. The molecule has 4 nitrogen and oxygen atoms in total. The number of aromatic nitrogens is 1. The van der Waals surface area contributed by atoms with Crippen LogP contribution < -0.4 is 10.2 Å². The van der Waals surface area contributed by atoms with E-state index in [0.717, 1.165) is 41.6 Å². The van der Waals surface area contributed by atoms with Gasteiger partial charge >= 0.3 is 0 Å². The normalized spacial score (nSPS) is 13.7. The Balaban J connectivity index is 1.34. The first-order valence-electron chi connectivity index (χ1n) is 9.43. The molecular weight excluding hydrogens is 354 g/mol. The highest BCUT2D eigenvalue weighted by Crippen LogP contribution is 2.30. The zero-order valence-electron chi connectivity index (χ0n) is 15.2. The maximum absolute atomic E-state index is 12.2. The molecule has 0 aliphatic carbocycles. The fourth-order valence-electron chi connectivity index (χ4n) is 3.30. The zero-order chi connectivity index (χ0) is 18.5. The van der Waals surface area contributed by atoms with Crippen molar-refractivity contribution in [3.8, 4) is 11.3 Å². The van der Waals surface area contributed by atoms with Gasteiger partial charge in [0.05, 0.1) is 5.69 Å². The van der Waals surface area contributed by atoms with Crippen molar-refractivity contribution in [2.75, 3.05) is 23.3 Å². The maximum atomic E-state index is 12.2. The summed E-state index contributed by atoms with van der Waals surface area (Å²) in [6.07, 6.45) is 3.75. The van der Waals surface area contributed by atoms with Gasteiger partial charge in [-0.3, -0.25) is 4.79 Å². The molecule has 4 rings (SSSR count). The molecule has 2 aromatic carbocycles. The maximum Gasteiger partial charge on any atom is 0.224 e. The third-order valence-corrected chi connectivity index (χ3v) is 5.72. The largest absolute Gasteiger partial charge is 0.348 e. The fraction of sp³-hybridized carbons (Fsp3) is 0.273. The average molecular weight is 378 g/mol. The van der Waals surface area contributed by atoms with Gasteiger partial charge in [-0.1, -0.05) is 42.5 Å². The number of anilines is 2. The molecular formula is C22H23N3OS. The second-order valence-electron chi connectivity index (χ2n) is 6.82. The number of benzene rings is 2. The van der Waals surface area contributed by atoms with Gasteiger partial charge in [-0.2, -0.15) is 0 Å². The van der Waals surface area contributed by atoms with Gasteiger partial charge in [-0.25, -0.2) is 4.98 Å². The van der Waals surface area contributed by atoms with E-state index < -0.39 is 0 Å². The third-order valence-electron chi connectivity index (χ3n) is 4.82. The summed E-state index contributed by atoms with van der Waals surface area (Å²) in [4.78, 5) is 19.3. The number of nitrogens with one attached hydrogen (secondary N) is 1. The number of amides is 1. The first kappa shape index (κ1) is 17.7. The molecule has 1 amide bonds. The van der Waals surface area contributed by atoms with Crippen LogP contribution in [-0.4, -0.2) is 24.0 Å². The summed E-state index contributed by atoms with van der Waals surface area (Å²) in [5.41, 5.74) is 4.09. The number of hydrogen-bond donors (Lipinski definition) is 1. The van der Waals surface area contributed by atoms with Crippen LogP contribution in [0.2, 0.25) is 0 Å². The van der Waals surface area contributed by atoms with Crippen LogP contribution >= 0.6 is 11.3 Å². The Hall–Kier alpha value is -2.66. The van der Waals surface area contributed by atoms with Gasteiger partial charge < -0.3 is 10.2 Å². The average Bonchev–Trinajstić information content (AvgIpc) is 3.39. The summed E-state index contributed by atoms with van der Waals surface area (Å²) in [5.74, 6) is 0.0385. The smallest absolute Gasteiger partial charge is 0.224 e. The molecule has 0 radical (unpaired) electrons. The first-order valence-corrected chi connectivity index (χ1v) is 10.3. The van der Waals surface area contributed by atoms with E-state index in [9.17, 15) is 4.79 Å². The second kappa shape index (κ2) is 8.35. The zero-order valence-corrected chi connectivity index (χ0v) is 16.0. The standard InChI is InChI=1S/C22H23N3OS/c26-21(13-8-17-6-2-1-3-7-17)23-19-11-9-18(10-12-19)20-16-27-22(24-20)25-14-4-5-15-25/h1-3,6-7,9-12,16H,4-5,8,13-15H2,(H,23,26). The van der Waals surface area contributed by atoms with Crippen LogP contribution in [0.15, 0.2) is 60.0 Å². The van der Waals surface area contributed by atoms with Gasteiger partial charge in [0.25, 0.3) is 0 Å². The molecule has 1 aliphatic rings. The van der Waals surface area contributed by atoms with Crippen LogP contribution in [0.25, 0.3) is 11.3 Å². The van der Waals surface area contributed by atoms with Crippen LogP contribution in [0, 0.1) is 0 Å². The highest BCUT2D eigenvalue weighted by atomic mass is 32.1. The van der Waals surface area contributed by atoms with Crippen molar-refractivity contribution in [3.63, 3.8) is 0 Å². The van der Waals surface area contributed by atoms with Gasteiger partial charge in [-0.05, 0) is 37.0 Å². The summed E-state index contributed by atoms with van der Waals surface area (Å²) in [6.45, 7) is 2.22. The van der Waals surface area contributed by atoms with Crippen molar-refractivity contribution in [1.82, 2.24) is 4.98 Å². The molecule has 2 heterocycles. The minimum absolute atomic E-state index is 0.0385. The van der Waals surface area contributed by atoms with Crippen molar-refractivity contribution in [1.29, 1.82) is 0 Å². The summed E-state index contributed by atoms with van der Waals surface area (Å²) < 4.78 is 0. The van der Waals surface area contributed by atoms with Crippen molar-refractivity contribution < 1.29 is 4.79 Å². The lowest BCUT2D eigenvalue weighted by Crippen LogP contribution is -2.17. The van der Waals surface area contributed by atoms with Gasteiger partial charge in [0, 0.05) is 36.1 Å². The minimum atomic E-state index is 0.0385. The molecule has 0 spiro atoms. The monoisotopic (exact) mass is 377 g/mol. The predicted molar refractivity (Wildman–Crippen MR) is 112 cm³/mol. The van der Waals surface area contributed by atoms with E-state index in [1.54, 1.807) is 11.3 Å². The number of thiazole rings is 1. The molecule has 0 atom stereocenters. The van der Waals surface area contributed by atoms with Crippen molar-refractivity contribution in [2.45, 2.75) is 25.7 Å². The molecule has 1 aromatic heterocycles. The number of aryl methyl sites for hydroxylation is 1. The summed E-state index contributed by atoms with van der Waals surface area (Å²) >= 11 is 1.71. The Morgan fingerprint density at radius 1 is 1.04 bits per heavy atom. The Labute approximate surface area is 163 Å². The second-order valence-corrected chi connectivity index (χ2v) is 7.66. The Bertz CT molecular complexity index is 883. The number of rotatable bonds is 6. The van der Waals surface area contributed by atoms with Crippen molar-refractivity contribution in [3.05, 3.63) is 65.5 Å². The molecule has 1 aliphatic heterocycles. The SMILES string of the molecule is O=C(CCc1ccccc1)Nc1ccc(-c2csc(N3CCCC3)n2)cc1. The van der Waals surface area contributed by atoms with Crippen LogP contribution in [-0.2, 0) is 11.2 Å². The van der Waals surface area contributed by atoms with Gasteiger partial charge in [-0.15, -0.1) is 11.3 Å². The lowest BCUT2D eigenvalue weighted by molar-refractivity contribution is -0.116. The number of nitrogens with zero attached hydrogens (tertiary/aromatic N) is 2. The van der Waals surface area contributed by atoms with E-state index in [4.69, 9.17) is 4.98 Å². The van der Waals surface area contributed by atoms with Crippen molar-refractivity contribution >= 4 is 28.1 Å². The molecule has 0 unspecified atom stereocenters. The van der Waals surface area contributed by atoms with E-state index in [-0.39, 0.29) is 5.91 Å². The molecule has 1 saturated heterocycles. The van der Waals surface area contributed by atoms with Crippen molar-refractivity contribution in [2.24, 2.45) is 0 Å². The molecule has 0 saturated carbocycles. The topological polar surface area (TPSA) is 45.2 Å². The molecule has 1 N–H and O–H groups in total. The number of hydrogen-bond acceptors (Lipinski definition) is 4. The van der Waals surface area contributed by atoms with E-state index in [1.165, 1.54) is 18.4 Å². The predicted octanol–water partition coefficient (Wildman–Crippen LogP) is 4.98. The van der Waals surface area contributed by atoms with Gasteiger partial charge in [0.2, 0.25) is 5.91 Å². The highest BCUT2D eigenvalue weighted by Gasteiger charge is 2.16. The van der Waals surface area contributed by atoms with Crippen LogP contribution in [0.3, 0.4) is 0 Å². The van der Waals surface area contributed by atoms with Crippen LogP contribution in [0.1, 0.15) is 24.8 Å². The lowest BCUT2D eigenvalue weighted by atomic mass is 10.1. The fourth-order valence-corrected chi connectivity index (χ4v) is 4.19. The van der Waals surface area contributed by atoms with Crippen LogP contribution in [0.5, 0.6) is 0 Å². The lowest BCUT2D eigenvalue weighted by Gasteiger charge is -2.12.